The molecule has 0 bridgehead atoms. The highest BCUT2D eigenvalue weighted by atomic mass is 79.9. The summed E-state index contributed by atoms with van der Waals surface area (Å²) in [6.07, 6.45) is 1.69. The lowest BCUT2D eigenvalue weighted by molar-refractivity contribution is 0.102. The molecule has 4 aromatic carbocycles. The Bertz CT molecular complexity index is 1530. The normalized spacial score (nSPS) is 10.6. The Morgan fingerprint density at radius 2 is 1.59 bits per heavy atom. The molecule has 7 heteroatoms. The number of amides is 1. The first-order valence-electron chi connectivity index (χ1n) is 11.6. The lowest BCUT2D eigenvalue weighted by Crippen LogP contribution is -2.11. The molecule has 184 valence electrons. The van der Waals surface area contributed by atoms with E-state index >= 15 is 0 Å². The molecule has 0 aliphatic carbocycles. The summed E-state index contributed by atoms with van der Waals surface area (Å²) in [5.41, 5.74) is 3.02. The van der Waals surface area contributed by atoms with Gasteiger partial charge in [-0.1, -0.05) is 48.5 Å². The number of carbonyl (C=O) groups excluding carboxylic acids is 1. The maximum absolute atomic E-state index is 12.4. The van der Waals surface area contributed by atoms with Gasteiger partial charge in [0, 0.05) is 28.9 Å². The van der Waals surface area contributed by atoms with Crippen molar-refractivity contribution in [3.05, 3.63) is 119 Å². The zero-order valence-corrected chi connectivity index (χ0v) is 21.6. The number of aromatic nitrogens is 1. The van der Waals surface area contributed by atoms with Crippen LogP contribution in [0.4, 0.5) is 5.69 Å². The summed E-state index contributed by atoms with van der Waals surface area (Å²) < 4.78 is 18.6. The van der Waals surface area contributed by atoms with E-state index in [0.717, 1.165) is 10.9 Å². The molecule has 1 aromatic heterocycles. The lowest BCUT2D eigenvalue weighted by atomic mass is 10.1. The fourth-order valence-corrected chi connectivity index (χ4v) is 4.18. The maximum Gasteiger partial charge on any atom is 0.255 e. The SMILES string of the molecule is COc1cc2c(Oc3ccc(NC(=O)c4ccccc4)cc3)c(Br)cnc2cc1OCc1ccccc1. The summed E-state index contributed by atoms with van der Waals surface area (Å²) in [4.78, 5) is 17.0. The van der Waals surface area contributed by atoms with Crippen LogP contribution in [0.25, 0.3) is 10.9 Å². The van der Waals surface area contributed by atoms with Crippen LogP contribution in [0.1, 0.15) is 15.9 Å². The highest BCUT2D eigenvalue weighted by molar-refractivity contribution is 9.10. The van der Waals surface area contributed by atoms with E-state index in [1.165, 1.54) is 0 Å². The summed E-state index contributed by atoms with van der Waals surface area (Å²) in [7, 11) is 1.60. The molecule has 0 saturated carbocycles. The van der Waals surface area contributed by atoms with Gasteiger partial charge in [-0.2, -0.15) is 0 Å². The topological polar surface area (TPSA) is 69.7 Å². The predicted octanol–water partition coefficient (Wildman–Crippen LogP) is 7.63. The fraction of sp³-hybridized carbons (Fsp3) is 0.0667. The summed E-state index contributed by atoms with van der Waals surface area (Å²) >= 11 is 3.56. The van der Waals surface area contributed by atoms with Gasteiger partial charge in [-0.15, -0.1) is 0 Å². The van der Waals surface area contributed by atoms with E-state index in [2.05, 4.69) is 26.2 Å². The molecule has 0 aliphatic heterocycles. The van der Waals surface area contributed by atoms with E-state index in [-0.39, 0.29) is 5.91 Å². The number of nitrogens with one attached hydrogen (secondary N) is 1. The average Bonchev–Trinajstić information content (AvgIpc) is 2.95. The van der Waals surface area contributed by atoms with Crippen LogP contribution in [0, 0.1) is 0 Å². The number of halogens is 1. The highest BCUT2D eigenvalue weighted by Gasteiger charge is 2.15. The average molecular weight is 555 g/mol. The smallest absolute Gasteiger partial charge is 0.255 e. The van der Waals surface area contributed by atoms with Crippen LogP contribution >= 0.6 is 15.9 Å². The van der Waals surface area contributed by atoms with E-state index in [9.17, 15) is 4.79 Å². The molecular formula is C30H23BrN2O4. The molecule has 0 fully saturated rings. The van der Waals surface area contributed by atoms with Crippen molar-refractivity contribution in [2.45, 2.75) is 6.61 Å². The number of pyridine rings is 1. The van der Waals surface area contributed by atoms with Crippen molar-refractivity contribution < 1.29 is 19.0 Å². The minimum Gasteiger partial charge on any atom is -0.493 e. The molecule has 0 aliphatic rings. The molecule has 0 unspecified atom stereocenters. The Labute approximate surface area is 223 Å². The summed E-state index contributed by atoms with van der Waals surface area (Å²) in [6.45, 7) is 0.412. The zero-order valence-electron chi connectivity index (χ0n) is 20.0. The molecule has 5 rings (SSSR count). The number of benzene rings is 4. The summed E-state index contributed by atoms with van der Waals surface area (Å²) in [5, 5.41) is 3.65. The second-order valence-electron chi connectivity index (χ2n) is 8.18. The number of anilines is 1. The van der Waals surface area contributed by atoms with Crippen LogP contribution in [0.5, 0.6) is 23.0 Å². The van der Waals surface area contributed by atoms with E-state index < -0.39 is 0 Å². The maximum atomic E-state index is 12.4. The van der Waals surface area contributed by atoms with Gasteiger partial charge in [0.1, 0.15) is 12.4 Å². The number of methoxy groups -OCH3 is 1. The van der Waals surface area contributed by atoms with Crippen molar-refractivity contribution in [3.8, 4) is 23.0 Å². The van der Waals surface area contributed by atoms with Gasteiger partial charge >= 0.3 is 0 Å². The Morgan fingerprint density at radius 3 is 2.30 bits per heavy atom. The number of rotatable bonds is 8. The molecule has 0 atom stereocenters. The first-order valence-corrected chi connectivity index (χ1v) is 12.4. The van der Waals surface area contributed by atoms with Gasteiger partial charge in [0.15, 0.2) is 17.2 Å². The molecular weight excluding hydrogens is 532 g/mol. The molecule has 0 radical (unpaired) electrons. The minimum absolute atomic E-state index is 0.172. The first kappa shape index (κ1) is 24.3. The Morgan fingerprint density at radius 1 is 0.892 bits per heavy atom. The Balaban J connectivity index is 1.37. The van der Waals surface area contributed by atoms with E-state index in [0.29, 0.717) is 50.8 Å². The second kappa shape index (κ2) is 11.1. The quantitative estimate of drug-likeness (QED) is 0.213. The standard InChI is InChI=1S/C30H23BrN2O4/c1-35-27-16-24-26(17-28(27)36-19-20-8-4-2-5-9-20)32-18-25(31)29(24)37-23-14-12-22(13-15-23)33-30(34)21-10-6-3-7-11-21/h2-18H,19H2,1H3,(H,33,34). The third-order valence-corrected chi connectivity index (χ3v) is 6.23. The zero-order chi connectivity index (χ0) is 25.6. The van der Waals surface area contributed by atoms with Crippen molar-refractivity contribution in [2.75, 3.05) is 12.4 Å². The van der Waals surface area contributed by atoms with Crippen molar-refractivity contribution in [2.24, 2.45) is 0 Å². The van der Waals surface area contributed by atoms with Crippen LogP contribution in [-0.2, 0) is 6.61 Å². The van der Waals surface area contributed by atoms with Crippen LogP contribution < -0.4 is 19.5 Å². The first-order chi connectivity index (χ1) is 18.1. The van der Waals surface area contributed by atoms with Crippen LogP contribution in [0.3, 0.4) is 0 Å². The molecule has 1 amide bonds. The Hall–Kier alpha value is -4.36. The predicted molar refractivity (Wildman–Crippen MR) is 148 cm³/mol. The van der Waals surface area contributed by atoms with Gasteiger partial charge in [0.2, 0.25) is 0 Å². The number of nitrogens with zero attached hydrogens (tertiary/aromatic N) is 1. The molecule has 5 aromatic rings. The van der Waals surface area contributed by atoms with Crippen molar-refractivity contribution in [3.63, 3.8) is 0 Å². The molecule has 1 N–H and O–H groups in total. The molecule has 0 spiro atoms. The number of carbonyl (C=O) groups is 1. The van der Waals surface area contributed by atoms with E-state index in [1.54, 1.807) is 49.7 Å². The van der Waals surface area contributed by atoms with Crippen molar-refractivity contribution in [1.29, 1.82) is 0 Å². The van der Waals surface area contributed by atoms with Gasteiger partial charge in [0.05, 0.1) is 17.1 Å². The number of ether oxygens (including phenoxy) is 3. The molecule has 1 heterocycles. The third kappa shape index (κ3) is 5.73. The van der Waals surface area contributed by atoms with Crippen LogP contribution in [0.2, 0.25) is 0 Å². The van der Waals surface area contributed by atoms with Crippen LogP contribution in [0.15, 0.2) is 108 Å². The lowest BCUT2D eigenvalue weighted by Gasteiger charge is -2.15. The number of hydrogen-bond acceptors (Lipinski definition) is 5. The summed E-state index contributed by atoms with van der Waals surface area (Å²) in [5.74, 6) is 2.20. The van der Waals surface area contributed by atoms with Gasteiger partial charge in [-0.05, 0) is 64.0 Å². The van der Waals surface area contributed by atoms with Crippen molar-refractivity contribution in [1.82, 2.24) is 4.98 Å². The fourth-order valence-electron chi connectivity index (χ4n) is 3.78. The third-order valence-electron chi connectivity index (χ3n) is 5.67. The number of hydrogen-bond donors (Lipinski definition) is 1. The van der Waals surface area contributed by atoms with Gasteiger partial charge in [-0.3, -0.25) is 9.78 Å². The van der Waals surface area contributed by atoms with E-state index in [4.69, 9.17) is 14.2 Å². The van der Waals surface area contributed by atoms with Crippen molar-refractivity contribution >= 4 is 38.4 Å². The van der Waals surface area contributed by atoms with Gasteiger partial charge in [-0.25, -0.2) is 0 Å². The van der Waals surface area contributed by atoms with Crippen LogP contribution in [-0.4, -0.2) is 18.0 Å². The highest BCUT2D eigenvalue weighted by Crippen LogP contribution is 2.41. The summed E-state index contributed by atoms with van der Waals surface area (Å²) in [6, 6.07) is 29.9. The second-order valence-corrected chi connectivity index (χ2v) is 9.03. The molecule has 37 heavy (non-hydrogen) atoms. The van der Waals surface area contributed by atoms with E-state index in [1.807, 2.05) is 60.7 Å². The molecule has 0 saturated heterocycles. The van der Waals surface area contributed by atoms with Gasteiger partial charge < -0.3 is 19.5 Å². The minimum atomic E-state index is -0.172. The Kier molecular flexibility index (Phi) is 7.33. The molecule has 6 nitrogen and oxygen atoms in total. The van der Waals surface area contributed by atoms with Gasteiger partial charge in [0.25, 0.3) is 5.91 Å². The monoisotopic (exact) mass is 554 g/mol. The largest absolute Gasteiger partial charge is 0.493 e. The number of fused-ring (bicyclic) bond motifs is 1.